The number of para-hydroxylation sites is 1. The van der Waals surface area contributed by atoms with Crippen LogP contribution in [0.5, 0.6) is 0 Å². The average molecular weight is 255 g/mol. The SMILES string of the molecule is OCc1ccccc1NC1COCc2ccccc21. The molecule has 2 aromatic rings. The minimum Gasteiger partial charge on any atom is -0.392 e. The Bertz CT molecular complexity index is 568. The third kappa shape index (κ3) is 2.48. The highest BCUT2D eigenvalue weighted by molar-refractivity contribution is 5.53. The molecule has 2 N–H and O–H groups in total. The molecule has 1 heterocycles. The van der Waals surface area contributed by atoms with Gasteiger partial charge in [0, 0.05) is 11.3 Å². The van der Waals surface area contributed by atoms with Crippen molar-refractivity contribution in [2.75, 3.05) is 11.9 Å². The van der Waals surface area contributed by atoms with Gasteiger partial charge in [-0.25, -0.2) is 0 Å². The Labute approximate surface area is 112 Å². The minimum absolute atomic E-state index is 0.0401. The van der Waals surface area contributed by atoms with E-state index in [1.54, 1.807) is 0 Å². The summed E-state index contributed by atoms with van der Waals surface area (Å²) in [6.07, 6.45) is 0. The van der Waals surface area contributed by atoms with Crippen molar-refractivity contribution in [3.63, 3.8) is 0 Å². The first-order chi connectivity index (χ1) is 9.38. The van der Waals surface area contributed by atoms with Crippen molar-refractivity contribution in [2.24, 2.45) is 0 Å². The predicted octanol–water partition coefficient (Wildman–Crippen LogP) is 2.86. The van der Waals surface area contributed by atoms with E-state index in [0.717, 1.165) is 11.3 Å². The van der Waals surface area contributed by atoms with Crippen molar-refractivity contribution >= 4 is 5.69 Å². The lowest BCUT2D eigenvalue weighted by Gasteiger charge is -2.28. The molecule has 0 radical (unpaired) electrons. The quantitative estimate of drug-likeness (QED) is 0.886. The maximum absolute atomic E-state index is 9.37. The molecule has 98 valence electrons. The molecule has 19 heavy (non-hydrogen) atoms. The normalized spacial score (nSPS) is 17.8. The number of fused-ring (bicyclic) bond motifs is 1. The highest BCUT2D eigenvalue weighted by Crippen LogP contribution is 2.29. The van der Waals surface area contributed by atoms with E-state index >= 15 is 0 Å². The van der Waals surface area contributed by atoms with Gasteiger partial charge in [0.15, 0.2) is 0 Å². The molecule has 0 saturated heterocycles. The summed E-state index contributed by atoms with van der Waals surface area (Å²) in [4.78, 5) is 0. The summed E-state index contributed by atoms with van der Waals surface area (Å²) in [6.45, 7) is 1.37. The molecule has 0 aliphatic carbocycles. The van der Waals surface area contributed by atoms with Crippen LogP contribution in [0.25, 0.3) is 0 Å². The Kier molecular flexibility index (Phi) is 3.49. The van der Waals surface area contributed by atoms with Crippen molar-refractivity contribution in [1.29, 1.82) is 0 Å². The third-order valence-corrected chi connectivity index (χ3v) is 3.49. The topological polar surface area (TPSA) is 41.5 Å². The van der Waals surface area contributed by atoms with Crippen LogP contribution in [0.15, 0.2) is 48.5 Å². The maximum atomic E-state index is 9.37. The van der Waals surface area contributed by atoms with E-state index in [2.05, 4.69) is 23.5 Å². The lowest BCUT2D eigenvalue weighted by atomic mass is 9.98. The number of ether oxygens (including phenoxy) is 1. The number of aliphatic hydroxyl groups is 1. The van der Waals surface area contributed by atoms with Crippen LogP contribution in [0.3, 0.4) is 0 Å². The third-order valence-electron chi connectivity index (χ3n) is 3.49. The Balaban J connectivity index is 1.88. The average Bonchev–Trinajstić information content (AvgIpc) is 2.48. The molecule has 0 spiro atoms. The van der Waals surface area contributed by atoms with Gasteiger partial charge in [-0.2, -0.15) is 0 Å². The van der Waals surface area contributed by atoms with Gasteiger partial charge in [0.2, 0.25) is 0 Å². The summed E-state index contributed by atoms with van der Waals surface area (Å²) in [6, 6.07) is 16.3. The molecule has 0 fully saturated rings. The Morgan fingerprint density at radius 3 is 2.79 bits per heavy atom. The van der Waals surface area contributed by atoms with Crippen molar-refractivity contribution < 1.29 is 9.84 Å². The highest BCUT2D eigenvalue weighted by atomic mass is 16.5. The largest absolute Gasteiger partial charge is 0.392 e. The smallest absolute Gasteiger partial charge is 0.0751 e. The number of anilines is 1. The van der Waals surface area contributed by atoms with E-state index in [1.807, 2.05) is 30.3 Å². The number of rotatable bonds is 3. The number of hydrogen-bond acceptors (Lipinski definition) is 3. The van der Waals surface area contributed by atoms with E-state index in [4.69, 9.17) is 4.74 Å². The monoisotopic (exact) mass is 255 g/mol. The summed E-state index contributed by atoms with van der Waals surface area (Å²) < 4.78 is 5.63. The molecule has 1 aliphatic heterocycles. The van der Waals surface area contributed by atoms with Gasteiger partial charge >= 0.3 is 0 Å². The van der Waals surface area contributed by atoms with Gasteiger partial charge in [-0.1, -0.05) is 42.5 Å². The van der Waals surface area contributed by atoms with E-state index in [0.29, 0.717) is 13.2 Å². The molecular formula is C16H17NO2. The number of hydrogen-bond donors (Lipinski definition) is 2. The molecule has 3 rings (SSSR count). The molecule has 0 saturated carbocycles. The summed E-state index contributed by atoms with van der Waals surface area (Å²) in [7, 11) is 0. The Morgan fingerprint density at radius 1 is 1.11 bits per heavy atom. The number of nitrogens with one attached hydrogen (secondary N) is 1. The van der Waals surface area contributed by atoms with Crippen LogP contribution in [0.1, 0.15) is 22.7 Å². The lowest BCUT2D eigenvalue weighted by Crippen LogP contribution is -2.23. The molecule has 1 aliphatic rings. The summed E-state index contributed by atoms with van der Waals surface area (Å²) >= 11 is 0. The second kappa shape index (κ2) is 5.43. The fourth-order valence-electron chi connectivity index (χ4n) is 2.49. The molecular weight excluding hydrogens is 238 g/mol. The standard InChI is InChI=1S/C16H17NO2/c18-9-12-5-2-4-8-15(12)17-16-11-19-10-13-6-1-3-7-14(13)16/h1-8,16-18H,9-11H2. The Morgan fingerprint density at radius 2 is 1.89 bits per heavy atom. The Hall–Kier alpha value is -1.84. The predicted molar refractivity (Wildman–Crippen MR) is 74.8 cm³/mol. The molecule has 0 bridgehead atoms. The molecule has 2 aromatic carbocycles. The lowest BCUT2D eigenvalue weighted by molar-refractivity contribution is 0.0969. The van der Waals surface area contributed by atoms with E-state index < -0.39 is 0 Å². The summed E-state index contributed by atoms with van der Waals surface area (Å²) in [5.41, 5.74) is 4.38. The zero-order chi connectivity index (χ0) is 13.1. The fraction of sp³-hybridized carbons (Fsp3) is 0.250. The van der Waals surface area contributed by atoms with Crippen LogP contribution in [0, 0.1) is 0 Å². The van der Waals surface area contributed by atoms with Gasteiger partial charge in [-0.05, 0) is 17.2 Å². The molecule has 3 heteroatoms. The molecule has 0 amide bonds. The van der Waals surface area contributed by atoms with Gasteiger partial charge in [0.25, 0.3) is 0 Å². The molecule has 1 atom stereocenters. The van der Waals surface area contributed by atoms with E-state index in [1.165, 1.54) is 11.1 Å². The first kappa shape index (κ1) is 12.2. The highest BCUT2D eigenvalue weighted by Gasteiger charge is 2.20. The summed E-state index contributed by atoms with van der Waals surface area (Å²) in [5.74, 6) is 0. The maximum Gasteiger partial charge on any atom is 0.0751 e. The van der Waals surface area contributed by atoms with Crippen LogP contribution in [0.2, 0.25) is 0 Å². The zero-order valence-corrected chi connectivity index (χ0v) is 10.7. The van der Waals surface area contributed by atoms with Gasteiger partial charge in [0.1, 0.15) is 0 Å². The number of benzene rings is 2. The second-order valence-corrected chi connectivity index (χ2v) is 4.73. The van der Waals surface area contributed by atoms with Gasteiger partial charge in [0.05, 0.1) is 25.9 Å². The van der Waals surface area contributed by atoms with Crippen LogP contribution in [-0.4, -0.2) is 11.7 Å². The second-order valence-electron chi connectivity index (χ2n) is 4.73. The first-order valence-corrected chi connectivity index (χ1v) is 6.49. The minimum atomic E-state index is 0.0401. The van der Waals surface area contributed by atoms with Gasteiger partial charge in [-0.3, -0.25) is 0 Å². The van der Waals surface area contributed by atoms with Crippen molar-refractivity contribution in [3.05, 3.63) is 65.2 Å². The van der Waals surface area contributed by atoms with Crippen molar-refractivity contribution in [3.8, 4) is 0 Å². The van der Waals surface area contributed by atoms with Crippen molar-refractivity contribution in [2.45, 2.75) is 19.3 Å². The van der Waals surface area contributed by atoms with Crippen LogP contribution in [0.4, 0.5) is 5.69 Å². The van der Waals surface area contributed by atoms with Crippen LogP contribution in [-0.2, 0) is 18.0 Å². The molecule has 1 unspecified atom stereocenters. The summed E-state index contributed by atoms with van der Waals surface area (Å²) in [5, 5.41) is 12.8. The van der Waals surface area contributed by atoms with Crippen LogP contribution >= 0.6 is 0 Å². The van der Waals surface area contributed by atoms with E-state index in [-0.39, 0.29) is 12.6 Å². The first-order valence-electron chi connectivity index (χ1n) is 6.49. The van der Waals surface area contributed by atoms with Gasteiger partial charge < -0.3 is 15.2 Å². The zero-order valence-electron chi connectivity index (χ0n) is 10.7. The van der Waals surface area contributed by atoms with Crippen LogP contribution < -0.4 is 5.32 Å². The van der Waals surface area contributed by atoms with Crippen molar-refractivity contribution in [1.82, 2.24) is 0 Å². The molecule has 3 nitrogen and oxygen atoms in total. The van der Waals surface area contributed by atoms with Gasteiger partial charge in [-0.15, -0.1) is 0 Å². The molecule has 0 aromatic heterocycles. The van der Waals surface area contributed by atoms with E-state index in [9.17, 15) is 5.11 Å². The fourth-order valence-corrected chi connectivity index (χ4v) is 2.49. The number of aliphatic hydroxyl groups excluding tert-OH is 1.